The molecule has 2 heterocycles. The zero-order valence-corrected chi connectivity index (χ0v) is 21.9. The molecule has 0 saturated heterocycles. The summed E-state index contributed by atoms with van der Waals surface area (Å²) in [6.45, 7) is 3.85. The molecule has 1 aliphatic rings. The predicted octanol–water partition coefficient (Wildman–Crippen LogP) is 3.00. The molecule has 0 radical (unpaired) electrons. The molecule has 5 rings (SSSR count). The number of thiazole rings is 1. The van der Waals surface area contributed by atoms with E-state index < -0.39 is 17.4 Å². The van der Waals surface area contributed by atoms with E-state index in [1.54, 1.807) is 30.3 Å². The van der Waals surface area contributed by atoms with Gasteiger partial charge in [-0.05, 0) is 78.6 Å². The van der Waals surface area contributed by atoms with Crippen LogP contribution in [0.25, 0.3) is 17.5 Å². The van der Waals surface area contributed by atoms with Crippen LogP contribution < -0.4 is 25.8 Å². The second-order valence-electron chi connectivity index (χ2n) is 9.33. The van der Waals surface area contributed by atoms with Crippen LogP contribution in [-0.4, -0.2) is 20.7 Å². The van der Waals surface area contributed by atoms with Crippen molar-refractivity contribution in [1.29, 1.82) is 5.26 Å². The molecule has 1 aliphatic heterocycles. The van der Waals surface area contributed by atoms with Crippen molar-refractivity contribution in [2.75, 3.05) is 5.32 Å². The quantitative estimate of drug-likeness (QED) is 0.316. The third-order valence-corrected chi connectivity index (χ3v) is 7.52. The molecule has 8 nitrogen and oxygen atoms in total. The summed E-state index contributed by atoms with van der Waals surface area (Å²) in [6, 6.07) is 20.3. The van der Waals surface area contributed by atoms with E-state index in [1.807, 2.05) is 32.0 Å². The number of anilines is 1. The van der Waals surface area contributed by atoms with Gasteiger partial charge in [-0.2, -0.15) is 5.26 Å². The number of carbonyl (C=O) groups excluding carboxylic acids is 1. The second-order valence-corrected chi connectivity index (χ2v) is 10.4. The topological polar surface area (TPSA) is 141 Å². The van der Waals surface area contributed by atoms with Crippen LogP contribution >= 0.6 is 11.3 Å². The van der Waals surface area contributed by atoms with E-state index in [2.05, 4.69) is 11.4 Å². The molecule has 0 aliphatic carbocycles. The molecule has 0 fully saturated rings. The van der Waals surface area contributed by atoms with Crippen LogP contribution in [0.2, 0.25) is 0 Å². The molecule has 4 aromatic rings. The van der Waals surface area contributed by atoms with Crippen molar-refractivity contribution < 1.29 is 15.0 Å². The highest BCUT2D eigenvalue weighted by Gasteiger charge is 2.35. The van der Waals surface area contributed by atoms with Crippen LogP contribution in [0.5, 0.6) is 11.5 Å². The largest absolute Gasteiger partial charge is 0.508 e. The highest BCUT2D eigenvalue weighted by molar-refractivity contribution is 7.07. The average molecular weight is 537 g/mol. The van der Waals surface area contributed by atoms with Crippen LogP contribution in [-0.2, 0) is 4.79 Å². The molecule has 0 spiro atoms. The number of amides is 1. The van der Waals surface area contributed by atoms with Gasteiger partial charge in [0.25, 0.3) is 11.5 Å². The van der Waals surface area contributed by atoms with Crippen molar-refractivity contribution in [3.05, 3.63) is 114 Å². The molecule has 5 N–H and O–H groups in total. The van der Waals surface area contributed by atoms with Crippen LogP contribution in [0.3, 0.4) is 0 Å². The van der Waals surface area contributed by atoms with Gasteiger partial charge in [0.05, 0.1) is 27.7 Å². The maximum Gasteiger partial charge on any atom is 0.274 e. The summed E-state index contributed by atoms with van der Waals surface area (Å²) < 4.78 is 1.82. The Morgan fingerprint density at radius 1 is 1.03 bits per heavy atom. The number of carbonyl (C=O) groups is 1. The fourth-order valence-corrected chi connectivity index (χ4v) is 5.91. The number of nitrogens with zero attached hydrogens (tertiary/aromatic N) is 2. The number of aromatic hydroxyl groups is 2. The monoisotopic (exact) mass is 536 g/mol. The maximum absolute atomic E-state index is 14.0. The number of nitriles is 1. The third kappa shape index (κ3) is 4.81. The summed E-state index contributed by atoms with van der Waals surface area (Å²) in [5, 5.41) is 32.6. The van der Waals surface area contributed by atoms with E-state index in [1.165, 1.54) is 28.8 Å². The Balaban J connectivity index is 1.80. The number of nitrogens with one attached hydrogen (secondary N) is 1. The number of hydrogen-bond acceptors (Lipinski definition) is 7. The lowest BCUT2D eigenvalue weighted by atomic mass is 9.83. The first-order chi connectivity index (χ1) is 18.7. The number of phenols is 2. The highest BCUT2D eigenvalue weighted by Crippen LogP contribution is 2.37. The van der Waals surface area contributed by atoms with Gasteiger partial charge in [0.2, 0.25) is 0 Å². The van der Waals surface area contributed by atoms with Gasteiger partial charge in [-0.15, -0.1) is 11.3 Å². The summed E-state index contributed by atoms with van der Waals surface area (Å²) in [4.78, 5) is 27.5. The molecule has 9 heteroatoms. The molecule has 39 heavy (non-hydrogen) atoms. The smallest absolute Gasteiger partial charge is 0.274 e. The maximum atomic E-state index is 14.0. The lowest BCUT2D eigenvalue weighted by Gasteiger charge is -2.25. The van der Waals surface area contributed by atoms with E-state index in [0.717, 1.165) is 22.5 Å². The zero-order valence-electron chi connectivity index (χ0n) is 21.1. The van der Waals surface area contributed by atoms with Gasteiger partial charge in [-0.1, -0.05) is 30.3 Å². The Morgan fingerprint density at radius 2 is 1.62 bits per heavy atom. The molecule has 0 bridgehead atoms. The number of aromatic nitrogens is 1. The Kier molecular flexibility index (Phi) is 6.56. The van der Waals surface area contributed by atoms with E-state index in [-0.39, 0.29) is 28.5 Å². The molecule has 0 saturated carbocycles. The second kappa shape index (κ2) is 10.0. The van der Waals surface area contributed by atoms with Gasteiger partial charge in [0.1, 0.15) is 22.0 Å². The summed E-state index contributed by atoms with van der Waals surface area (Å²) in [7, 11) is 0. The van der Waals surface area contributed by atoms with E-state index in [0.29, 0.717) is 26.0 Å². The minimum absolute atomic E-state index is 0.0325. The molecule has 1 aromatic heterocycles. The lowest BCUT2D eigenvalue weighted by Crippen LogP contribution is -2.40. The molecule has 3 aromatic carbocycles. The number of aryl methyl sites for hydroxylation is 2. The normalized spacial score (nSPS) is 15.2. The number of rotatable bonds is 4. The minimum Gasteiger partial charge on any atom is -0.508 e. The summed E-state index contributed by atoms with van der Waals surface area (Å²) in [5.74, 6) is -1.29. The minimum atomic E-state index is -0.874. The van der Waals surface area contributed by atoms with Crippen molar-refractivity contribution in [3.8, 4) is 17.6 Å². The number of nitrogens with two attached hydrogens (primary N) is 1. The van der Waals surface area contributed by atoms with Gasteiger partial charge in [-0.3, -0.25) is 14.2 Å². The Bertz CT molecular complexity index is 1860. The number of allylic oxidation sites excluding steroid dienone is 1. The van der Waals surface area contributed by atoms with Gasteiger partial charge in [-0.25, -0.2) is 0 Å². The highest BCUT2D eigenvalue weighted by atomic mass is 32.1. The SMILES string of the molecule is Cc1cc(C)cc(NC(=O)C2=c3s/c(=C\c4ccc(O)cc4)c(=O)n3C(N)=C(C#N)C2c2ccc(O)cc2)c1. The third-order valence-electron chi connectivity index (χ3n) is 6.41. The average Bonchev–Trinajstić information content (AvgIpc) is 3.20. The van der Waals surface area contributed by atoms with Crippen molar-refractivity contribution in [1.82, 2.24) is 4.57 Å². The van der Waals surface area contributed by atoms with Gasteiger partial charge >= 0.3 is 0 Å². The molecular weight excluding hydrogens is 512 g/mol. The molecular formula is C30H24N4O4S. The first-order valence-corrected chi connectivity index (χ1v) is 12.8. The van der Waals surface area contributed by atoms with Crippen LogP contribution in [0.1, 0.15) is 28.2 Å². The standard InChI is InChI=1S/C30H24N4O4S/c1-16-11-17(2)13-20(12-16)33-28(37)26-25(19-5-9-22(36)10-6-19)23(15-31)27(32)34-29(38)24(39-30(26)34)14-18-3-7-21(35)8-4-18/h3-14,25,35-36H,32H2,1-2H3,(H,33,37)/b24-14-. The van der Waals surface area contributed by atoms with Crippen molar-refractivity contribution in [2.24, 2.45) is 5.73 Å². The van der Waals surface area contributed by atoms with E-state index in [9.17, 15) is 25.1 Å². The lowest BCUT2D eigenvalue weighted by molar-refractivity contribution is -0.111. The van der Waals surface area contributed by atoms with E-state index in [4.69, 9.17) is 5.73 Å². The summed E-state index contributed by atoms with van der Waals surface area (Å²) >= 11 is 1.09. The van der Waals surface area contributed by atoms with Crippen LogP contribution in [0.15, 0.2) is 77.1 Å². The zero-order chi connectivity index (χ0) is 27.8. The first-order valence-electron chi connectivity index (χ1n) is 12.0. The number of benzene rings is 3. The Hall–Kier alpha value is -5.07. The number of hydrogen-bond donors (Lipinski definition) is 4. The first kappa shape index (κ1) is 25.6. The fourth-order valence-electron chi connectivity index (χ4n) is 4.73. The predicted molar refractivity (Wildman–Crippen MR) is 151 cm³/mol. The van der Waals surface area contributed by atoms with Crippen molar-refractivity contribution in [2.45, 2.75) is 19.8 Å². The Morgan fingerprint density at radius 3 is 2.21 bits per heavy atom. The fraction of sp³-hybridized carbons (Fsp3) is 0.100. The molecule has 1 unspecified atom stereocenters. The number of fused-ring (bicyclic) bond motifs is 1. The summed E-state index contributed by atoms with van der Waals surface area (Å²) in [5.41, 5.74) is 9.95. The molecule has 1 amide bonds. The molecule has 1 atom stereocenters. The van der Waals surface area contributed by atoms with Crippen molar-refractivity contribution in [3.63, 3.8) is 0 Å². The number of phenolic OH excluding ortho intramolecular Hbond substituents is 2. The summed E-state index contributed by atoms with van der Waals surface area (Å²) in [6.07, 6.45) is 1.64. The van der Waals surface area contributed by atoms with Crippen LogP contribution in [0.4, 0.5) is 5.69 Å². The van der Waals surface area contributed by atoms with Crippen molar-refractivity contribution >= 4 is 40.4 Å². The van der Waals surface area contributed by atoms with Gasteiger partial charge in [0, 0.05) is 5.69 Å². The molecule has 194 valence electrons. The van der Waals surface area contributed by atoms with Crippen LogP contribution in [0, 0.1) is 25.2 Å². The van der Waals surface area contributed by atoms with Gasteiger partial charge < -0.3 is 21.3 Å². The Labute approximate surface area is 227 Å². The van der Waals surface area contributed by atoms with E-state index >= 15 is 0 Å². The van der Waals surface area contributed by atoms with Gasteiger partial charge in [0.15, 0.2) is 0 Å².